The van der Waals surface area contributed by atoms with E-state index in [-0.39, 0.29) is 17.0 Å². The van der Waals surface area contributed by atoms with Crippen LogP contribution in [0, 0.1) is 6.92 Å². The van der Waals surface area contributed by atoms with Gasteiger partial charge in [-0.3, -0.25) is 9.10 Å². The lowest BCUT2D eigenvalue weighted by molar-refractivity contribution is -0.123. The summed E-state index contributed by atoms with van der Waals surface area (Å²) in [5.41, 5.74) is 2.29. The average molecular weight is 467 g/mol. The summed E-state index contributed by atoms with van der Waals surface area (Å²) < 4.78 is 32.7. The first-order chi connectivity index (χ1) is 15.7. The van der Waals surface area contributed by atoms with Gasteiger partial charge in [0.1, 0.15) is 0 Å². The third-order valence-electron chi connectivity index (χ3n) is 4.95. The molecule has 7 nitrogen and oxygen atoms in total. The molecule has 0 saturated heterocycles. The molecule has 3 aromatic carbocycles. The van der Waals surface area contributed by atoms with E-state index in [4.69, 9.17) is 4.74 Å². The van der Waals surface area contributed by atoms with E-state index in [0.29, 0.717) is 11.4 Å². The maximum Gasteiger partial charge on any atom is 0.338 e. The molecule has 1 amide bonds. The molecule has 0 saturated carbocycles. The van der Waals surface area contributed by atoms with Crippen LogP contribution in [0.4, 0.5) is 11.4 Å². The second-order valence-electron chi connectivity index (χ2n) is 7.44. The van der Waals surface area contributed by atoms with Gasteiger partial charge in [-0.05, 0) is 74.9 Å². The Labute approximate surface area is 194 Å². The number of carbonyl (C=O) groups excluding carboxylic acids is 2. The second kappa shape index (κ2) is 10.3. The molecular weight excluding hydrogens is 440 g/mol. The maximum absolute atomic E-state index is 13.1. The number of sulfonamides is 1. The van der Waals surface area contributed by atoms with Crippen LogP contribution in [0.1, 0.15) is 29.8 Å². The van der Waals surface area contributed by atoms with Crippen molar-refractivity contribution in [3.05, 3.63) is 90.0 Å². The van der Waals surface area contributed by atoms with Gasteiger partial charge in [-0.2, -0.15) is 0 Å². The van der Waals surface area contributed by atoms with E-state index in [2.05, 4.69) is 5.32 Å². The number of hydrogen-bond donors (Lipinski definition) is 1. The molecule has 0 aliphatic carbocycles. The van der Waals surface area contributed by atoms with Crippen LogP contribution in [0.15, 0.2) is 83.8 Å². The molecule has 0 aliphatic rings. The number of ether oxygens (including phenoxy) is 1. The Hall–Kier alpha value is -3.65. The van der Waals surface area contributed by atoms with Crippen molar-refractivity contribution >= 4 is 33.3 Å². The average Bonchev–Trinajstić information content (AvgIpc) is 2.80. The van der Waals surface area contributed by atoms with Crippen LogP contribution >= 0.6 is 0 Å². The Morgan fingerprint density at radius 2 is 1.64 bits per heavy atom. The fourth-order valence-corrected chi connectivity index (χ4v) is 4.70. The van der Waals surface area contributed by atoms with Crippen LogP contribution in [-0.4, -0.2) is 32.9 Å². The Morgan fingerprint density at radius 1 is 0.970 bits per heavy atom. The number of amides is 1. The zero-order valence-corrected chi connectivity index (χ0v) is 19.5. The van der Waals surface area contributed by atoms with Crippen LogP contribution in [0.5, 0.6) is 0 Å². The van der Waals surface area contributed by atoms with Crippen LogP contribution in [0.2, 0.25) is 0 Å². The molecule has 33 heavy (non-hydrogen) atoms. The third-order valence-corrected chi connectivity index (χ3v) is 6.87. The van der Waals surface area contributed by atoms with Crippen molar-refractivity contribution in [2.75, 3.05) is 16.2 Å². The van der Waals surface area contributed by atoms with Crippen molar-refractivity contribution in [3.8, 4) is 0 Å². The van der Waals surface area contributed by atoms with Gasteiger partial charge in [0.2, 0.25) is 0 Å². The molecule has 172 valence electrons. The van der Waals surface area contributed by atoms with Crippen molar-refractivity contribution < 1.29 is 22.7 Å². The maximum atomic E-state index is 13.1. The van der Waals surface area contributed by atoms with E-state index in [1.54, 1.807) is 43.3 Å². The molecule has 0 radical (unpaired) electrons. The quantitative estimate of drug-likeness (QED) is 0.497. The van der Waals surface area contributed by atoms with E-state index < -0.39 is 28.0 Å². The highest BCUT2D eigenvalue weighted by Gasteiger charge is 2.24. The number of rotatable bonds is 8. The van der Waals surface area contributed by atoms with E-state index in [1.807, 2.05) is 25.1 Å². The fourth-order valence-electron chi connectivity index (χ4n) is 3.22. The summed E-state index contributed by atoms with van der Waals surface area (Å²) in [6.07, 6.45) is -1.03. The Balaban J connectivity index is 1.68. The fraction of sp³-hybridized carbons (Fsp3) is 0.200. The number of nitrogens with one attached hydrogen (secondary N) is 1. The van der Waals surface area contributed by atoms with Crippen LogP contribution in [0.3, 0.4) is 0 Å². The van der Waals surface area contributed by atoms with Gasteiger partial charge in [0.05, 0.1) is 16.1 Å². The molecule has 1 N–H and O–H groups in total. The molecule has 0 heterocycles. The molecule has 8 heteroatoms. The van der Waals surface area contributed by atoms with Gasteiger partial charge < -0.3 is 10.1 Å². The van der Waals surface area contributed by atoms with E-state index in [1.165, 1.54) is 35.5 Å². The van der Waals surface area contributed by atoms with E-state index in [0.717, 1.165) is 5.56 Å². The van der Waals surface area contributed by atoms with Gasteiger partial charge in [-0.25, -0.2) is 13.2 Å². The van der Waals surface area contributed by atoms with Gasteiger partial charge in [-0.15, -0.1) is 0 Å². The number of hydrogen-bond acceptors (Lipinski definition) is 5. The molecule has 0 aliphatic heterocycles. The van der Waals surface area contributed by atoms with Crippen LogP contribution in [0.25, 0.3) is 0 Å². The molecule has 3 aromatic rings. The summed E-state index contributed by atoms with van der Waals surface area (Å²) in [4.78, 5) is 24.9. The van der Waals surface area contributed by atoms with Gasteiger partial charge >= 0.3 is 5.97 Å². The van der Waals surface area contributed by atoms with Gasteiger partial charge in [0.25, 0.3) is 15.9 Å². The molecule has 1 atom stereocenters. The first-order valence-electron chi connectivity index (χ1n) is 10.5. The molecular formula is C25H26N2O5S. The summed E-state index contributed by atoms with van der Waals surface area (Å²) in [6, 6.07) is 21.5. The molecule has 0 aromatic heterocycles. The second-order valence-corrected chi connectivity index (χ2v) is 9.30. The van der Waals surface area contributed by atoms with Crippen LogP contribution in [-0.2, 0) is 19.6 Å². The predicted molar refractivity (Wildman–Crippen MR) is 128 cm³/mol. The zero-order valence-electron chi connectivity index (χ0n) is 18.7. The molecule has 3 rings (SSSR count). The number of benzene rings is 3. The Morgan fingerprint density at radius 3 is 2.24 bits per heavy atom. The first kappa shape index (κ1) is 24.0. The van der Waals surface area contributed by atoms with E-state index >= 15 is 0 Å². The SMILES string of the molecule is CCN(c1ccccc1)S(=O)(=O)c1ccc(C(=O)OC(C)C(=O)Nc2cccc(C)c2)cc1. The monoisotopic (exact) mass is 466 g/mol. The minimum Gasteiger partial charge on any atom is -0.449 e. The summed E-state index contributed by atoms with van der Waals surface area (Å²) in [5.74, 6) is -1.18. The smallest absolute Gasteiger partial charge is 0.338 e. The molecule has 0 spiro atoms. The molecule has 0 fully saturated rings. The predicted octanol–water partition coefficient (Wildman–Crippen LogP) is 4.39. The highest BCUT2D eigenvalue weighted by atomic mass is 32.2. The van der Waals surface area contributed by atoms with Gasteiger partial charge in [0, 0.05) is 12.2 Å². The Kier molecular flexibility index (Phi) is 7.50. The highest BCUT2D eigenvalue weighted by Crippen LogP contribution is 2.23. The number of para-hydroxylation sites is 1. The number of carbonyl (C=O) groups is 2. The normalized spacial score (nSPS) is 12.0. The summed E-state index contributed by atoms with van der Waals surface area (Å²) in [5, 5.41) is 2.70. The largest absolute Gasteiger partial charge is 0.449 e. The first-order valence-corrected chi connectivity index (χ1v) is 11.9. The summed E-state index contributed by atoms with van der Waals surface area (Å²) in [7, 11) is -3.80. The number of nitrogens with zero attached hydrogens (tertiary/aromatic N) is 1. The zero-order chi connectivity index (χ0) is 24.0. The van der Waals surface area contributed by atoms with Crippen molar-refractivity contribution in [1.29, 1.82) is 0 Å². The molecule has 1 unspecified atom stereocenters. The lowest BCUT2D eigenvalue weighted by atomic mass is 10.2. The lowest BCUT2D eigenvalue weighted by Gasteiger charge is -2.23. The topological polar surface area (TPSA) is 92.8 Å². The van der Waals surface area contributed by atoms with Crippen LogP contribution < -0.4 is 9.62 Å². The third kappa shape index (κ3) is 5.78. The number of aryl methyl sites for hydroxylation is 1. The molecule has 0 bridgehead atoms. The van der Waals surface area contributed by atoms with Crippen molar-refractivity contribution in [1.82, 2.24) is 0 Å². The summed E-state index contributed by atoms with van der Waals surface area (Å²) in [6.45, 7) is 5.38. The highest BCUT2D eigenvalue weighted by molar-refractivity contribution is 7.92. The summed E-state index contributed by atoms with van der Waals surface area (Å²) >= 11 is 0. The van der Waals surface area contributed by atoms with E-state index in [9.17, 15) is 18.0 Å². The standard InChI is InChI=1S/C25H26N2O5S/c1-4-27(22-11-6-5-7-12-22)33(30,31)23-15-13-20(14-16-23)25(29)32-19(3)24(28)26-21-10-8-9-18(2)17-21/h5-17,19H,4H2,1-3H3,(H,26,28). The van der Waals surface area contributed by atoms with Crippen molar-refractivity contribution in [2.45, 2.75) is 31.8 Å². The Bertz CT molecular complexity index is 1230. The minimum atomic E-state index is -3.80. The van der Waals surface area contributed by atoms with Gasteiger partial charge in [0.15, 0.2) is 6.10 Å². The number of anilines is 2. The lowest BCUT2D eigenvalue weighted by Crippen LogP contribution is -2.31. The minimum absolute atomic E-state index is 0.0509. The van der Waals surface area contributed by atoms with Gasteiger partial charge in [-0.1, -0.05) is 30.3 Å². The number of esters is 1. The van der Waals surface area contributed by atoms with Crippen molar-refractivity contribution in [2.24, 2.45) is 0 Å². The van der Waals surface area contributed by atoms with Crippen molar-refractivity contribution in [3.63, 3.8) is 0 Å².